The van der Waals surface area contributed by atoms with Gasteiger partial charge in [-0.1, -0.05) is 13.0 Å². The number of hydrogen-bond donors (Lipinski definition) is 2. The Morgan fingerprint density at radius 1 is 1.29 bits per heavy atom. The summed E-state index contributed by atoms with van der Waals surface area (Å²) in [5.41, 5.74) is -2.47. The Kier molecular flexibility index (Phi) is 5.66. The van der Waals surface area contributed by atoms with E-state index in [0.29, 0.717) is 25.7 Å². The highest BCUT2D eigenvalue weighted by atomic mass is 19.1. The van der Waals surface area contributed by atoms with Crippen LogP contribution < -0.4 is 10.7 Å². The lowest BCUT2D eigenvalue weighted by molar-refractivity contribution is -0.153. The smallest absolute Gasteiger partial charge is 0.276 e. The first-order chi connectivity index (χ1) is 16.6. The summed E-state index contributed by atoms with van der Waals surface area (Å²) in [4.78, 5) is 40.9. The number of ether oxygens (including phenoxy) is 1. The van der Waals surface area contributed by atoms with Gasteiger partial charge in [-0.2, -0.15) is 0 Å². The SMILES string of the molecule is CC[C@H]1C[C@@H](C)N2C(=O)c3c(O)c(=O)c(C(=O)NC4(c5ccc(F)cc5F)CCC4)cn3CC2O1. The topological polar surface area (TPSA) is 101 Å². The van der Waals surface area contributed by atoms with E-state index in [2.05, 4.69) is 5.32 Å². The Labute approximate surface area is 200 Å². The standard InChI is InChI=1S/C25H27F2N3O5/c1-3-15-9-13(2)30-19(35-15)12-29-11-16(21(31)22(32)20(29)24(30)34)23(33)28-25(7-4-8-25)17-6-5-14(26)10-18(17)27/h5-6,10-11,13,15,19,32H,3-4,7-9,12H2,1-2H3,(H,28,33)/t13-,15+,19?/m1/s1. The zero-order valence-corrected chi connectivity index (χ0v) is 19.5. The molecule has 1 aliphatic carbocycles. The molecule has 1 unspecified atom stereocenters. The minimum absolute atomic E-state index is 0.0274. The lowest BCUT2D eigenvalue weighted by Crippen LogP contribution is -2.59. The van der Waals surface area contributed by atoms with Crippen LogP contribution in [0.3, 0.4) is 0 Å². The number of pyridine rings is 1. The molecule has 3 heterocycles. The Bertz CT molecular complexity index is 1270. The molecule has 10 heteroatoms. The van der Waals surface area contributed by atoms with Crippen LogP contribution in [-0.2, 0) is 16.8 Å². The molecule has 2 amide bonds. The summed E-state index contributed by atoms with van der Waals surface area (Å²) in [6, 6.07) is 3.03. The van der Waals surface area contributed by atoms with Crippen molar-refractivity contribution in [3.63, 3.8) is 0 Å². The molecule has 0 spiro atoms. The van der Waals surface area contributed by atoms with Gasteiger partial charge >= 0.3 is 0 Å². The van der Waals surface area contributed by atoms with E-state index in [9.17, 15) is 28.3 Å². The third kappa shape index (κ3) is 3.71. The van der Waals surface area contributed by atoms with Gasteiger partial charge in [0, 0.05) is 23.9 Å². The van der Waals surface area contributed by atoms with Crippen molar-refractivity contribution in [2.75, 3.05) is 0 Å². The van der Waals surface area contributed by atoms with Gasteiger partial charge in [0.25, 0.3) is 11.8 Å². The van der Waals surface area contributed by atoms with E-state index < -0.39 is 46.4 Å². The third-order valence-corrected chi connectivity index (χ3v) is 7.49. The predicted molar refractivity (Wildman–Crippen MR) is 121 cm³/mol. The van der Waals surface area contributed by atoms with E-state index in [1.165, 1.54) is 21.7 Å². The van der Waals surface area contributed by atoms with Crippen LogP contribution in [0, 0.1) is 11.6 Å². The lowest BCUT2D eigenvalue weighted by Gasteiger charge is -2.47. The number of nitrogens with one attached hydrogen (secondary N) is 1. The van der Waals surface area contributed by atoms with E-state index in [1.807, 2.05) is 13.8 Å². The van der Waals surface area contributed by atoms with Crippen LogP contribution in [0.2, 0.25) is 0 Å². The maximum Gasteiger partial charge on any atom is 0.276 e. The Morgan fingerprint density at radius 2 is 2.03 bits per heavy atom. The molecule has 186 valence electrons. The van der Waals surface area contributed by atoms with E-state index in [-0.39, 0.29) is 35.5 Å². The highest BCUT2D eigenvalue weighted by Crippen LogP contribution is 2.42. The third-order valence-electron chi connectivity index (χ3n) is 7.49. The van der Waals surface area contributed by atoms with Gasteiger partial charge in [-0.3, -0.25) is 14.4 Å². The Hall–Kier alpha value is -3.27. The molecule has 3 atom stereocenters. The molecule has 0 radical (unpaired) electrons. The molecule has 2 fully saturated rings. The number of halogens is 2. The number of amides is 2. The normalized spacial score (nSPS) is 24.9. The minimum Gasteiger partial charge on any atom is -0.503 e. The van der Waals surface area contributed by atoms with Gasteiger partial charge in [0.15, 0.2) is 17.7 Å². The zero-order valence-electron chi connectivity index (χ0n) is 19.5. The van der Waals surface area contributed by atoms with Crippen LogP contribution >= 0.6 is 0 Å². The second-order valence-corrected chi connectivity index (χ2v) is 9.65. The van der Waals surface area contributed by atoms with Crippen molar-refractivity contribution in [1.29, 1.82) is 0 Å². The predicted octanol–water partition coefficient (Wildman–Crippen LogP) is 3.01. The molecular formula is C25H27F2N3O5. The van der Waals surface area contributed by atoms with Gasteiger partial charge in [-0.15, -0.1) is 0 Å². The molecule has 5 rings (SSSR count). The maximum atomic E-state index is 14.5. The monoisotopic (exact) mass is 487 g/mol. The number of aromatic nitrogens is 1. The number of benzene rings is 1. The van der Waals surface area contributed by atoms with E-state index in [0.717, 1.165) is 18.6 Å². The first-order valence-electron chi connectivity index (χ1n) is 11.9. The summed E-state index contributed by atoms with van der Waals surface area (Å²) in [5.74, 6) is -3.65. The molecule has 1 saturated heterocycles. The molecule has 2 aliphatic heterocycles. The number of aromatic hydroxyl groups is 1. The van der Waals surface area contributed by atoms with Crippen molar-refractivity contribution in [3.8, 4) is 5.75 Å². The number of fused-ring (bicyclic) bond motifs is 2. The summed E-state index contributed by atoms with van der Waals surface area (Å²) in [7, 11) is 0. The molecule has 1 aromatic carbocycles. The lowest BCUT2D eigenvalue weighted by atomic mass is 9.71. The number of carbonyl (C=O) groups excluding carboxylic acids is 2. The largest absolute Gasteiger partial charge is 0.503 e. The number of nitrogens with zero attached hydrogens (tertiary/aromatic N) is 2. The van der Waals surface area contributed by atoms with Gasteiger partial charge in [0.1, 0.15) is 17.2 Å². The van der Waals surface area contributed by atoms with Crippen molar-refractivity contribution in [2.45, 2.75) is 76.4 Å². The average molecular weight is 488 g/mol. The molecule has 8 nitrogen and oxygen atoms in total. The van der Waals surface area contributed by atoms with Crippen molar-refractivity contribution in [1.82, 2.24) is 14.8 Å². The highest BCUT2D eigenvalue weighted by Gasteiger charge is 2.45. The van der Waals surface area contributed by atoms with Gasteiger partial charge in [-0.25, -0.2) is 8.78 Å². The van der Waals surface area contributed by atoms with Gasteiger partial charge in [0.05, 0.1) is 18.2 Å². The van der Waals surface area contributed by atoms with Crippen molar-refractivity contribution >= 4 is 11.8 Å². The average Bonchev–Trinajstić information content (AvgIpc) is 2.78. The van der Waals surface area contributed by atoms with Gasteiger partial charge in [-0.05, 0) is 45.1 Å². The zero-order chi connectivity index (χ0) is 25.1. The quantitative estimate of drug-likeness (QED) is 0.691. The molecular weight excluding hydrogens is 460 g/mol. The molecule has 2 aromatic rings. The molecule has 0 bridgehead atoms. The second-order valence-electron chi connectivity index (χ2n) is 9.65. The van der Waals surface area contributed by atoms with E-state index in [1.54, 1.807) is 0 Å². The Balaban J connectivity index is 1.49. The first-order valence-corrected chi connectivity index (χ1v) is 11.9. The van der Waals surface area contributed by atoms with Crippen LogP contribution in [0.1, 0.15) is 72.4 Å². The summed E-state index contributed by atoms with van der Waals surface area (Å²) in [6.07, 6.45) is 3.60. The summed E-state index contributed by atoms with van der Waals surface area (Å²) < 4.78 is 35.4. The fraction of sp³-hybridized carbons (Fsp3) is 0.480. The molecule has 3 aliphatic rings. The minimum atomic E-state index is -1.08. The number of carbonyl (C=O) groups is 2. The number of hydrogen-bond acceptors (Lipinski definition) is 5. The number of rotatable bonds is 4. The van der Waals surface area contributed by atoms with Crippen LogP contribution in [0.4, 0.5) is 8.78 Å². The van der Waals surface area contributed by atoms with E-state index >= 15 is 0 Å². The van der Waals surface area contributed by atoms with Gasteiger partial charge in [0.2, 0.25) is 5.43 Å². The Morgan fingerprint density at radius 3 is 2.66 bits per heavy atom. The molecule has 1 aromatic heterocycles. The van der Waals surface area contributed by atoms with Crippen molar-refractivity contribution in [2.24, 2.45) is 0 Å². The van der Waals surface area contributed by atoms with Crippen LogP contribution in [0.5, 0.6) is 5.75 Å². The maximum absolute atomic E-state index is 14.5. The first kappa shape index (κ1) is 23.5. The van der Waals surface area contributed by atoms with Crippen LogP contribution in [0.25, 0.3) is 0 Å². The molecule has 2 N–H and O–H groups in total. The van der Waals surface area contributed by atoms with Crippen LogP contribution in [0.15, 0.2) is 29.2 Å². The van der Waals surface area contributed by atoms with Crippen LogP contribution in [-0.4, -0.2) is 44.8 Å². The summed E-state index contributed by atoms with van der Waals surface area (Å²) in [6.45, 7) is 4.04. The fourth-order valence-electron chi connectivity index (χ4n) is 5.47. The molecule has 35 heavy (non-hydrogen) atoms. The summed E-state index contributed by atoms with van der Waals surface area (Å²) >= 11 is 0. The second kappa shape index (κ2) is 8.44. The van der Waals surface area contributed by atoms with E-state index in [4.69, 9.17) is 4.74 Å². The van der Waals surface area contributed by atoms with Crippen molar-refractivity contribution < 1.29 is 28.2 Å². The van der Waals surface area contributed by atoms with Gasteiger partial charge < -0.3 is 24.6 Å². The van der Waals surface area contributed by atoms with Crippen molar-refractivity contribution in [3.05, 3.63) is 63.1 Å². The fourth-order valence-corrected chi connectivity index (χ4v) is 5.47. The molecule has 1 saturated carbocycles. The highest BCUT2D eigenvalue weighted by molar-refractivity contribution is 5.99. The summed E-state index contributed by atoms with van der Waals surface area (Å²) in [5, 5.41) is 13.4.